The minimum atomic E-state index is -0.246. The highest BCUT2D eigenvalue weighted by atomic mass is 16.5. The third kappa shape index (κ3) is 2.67. The van der Waals surface area contributed by atoms with E-state index in [2.05, 4.69) is 20.5 Å². The van der Waals surface area contributed by atoms with Crippen molar-refractivity contribution in [3.63, 3.8) is 0 Å². The molecule has 8 heteroatoms. The number of hydrogen-bond acceptors (Lipinski definition) is 5. The van der Waals surface area contributed by atoms with E-state index in [1.54, 1.807) is 11.8 Å². The molecule has 1 atom stereocenters. The summed E-state index contributed by atoms with van der Waals surface area (Å²) in [5.74, 6) is 1.43. The molecule has 2 aromatic heterocycles. The molecule has 2 aliphatic rings. The zero-order valence-electron chi connectivity index (χ0n) is 15.3. The van der Waals surface area contributed by atoms with Gasteiger partial charge in [-0.3, -0.25) is 4.79 Å². The van der Waals surface area contributed by atoms with Crippen molar-refractivity contribution in [2.45, 2.75) is 44.7 Å². The second-order valence-electron chi connectivity index (χ2n) is 7.31. The maximum absolute atomic E-state index is 13.3. The smallest absolute Gasteiger partial charge is 0.233 e. The van der Waals surface area contributed by atoms with Crippen LogP contribution in [0.1, 0.15) is 42.3 Å². The summed E-state index contributed by atoms with van der Waals surface area (Å²) in [6.45, 7) is 2.12. The second-order valence-corrected chi connectivity index (χ2v) is 7.31. The minimum Gasteiger partial charge on any atom is -0.497 e. The molecule has 5 rings (SSSR count). The molecule has 2 aliphatic heterocycles. The van der Waals surface area contributed by atoms with Crippen LogP contribution in [0.3, 0.4) is 0 Å². The third-order valence-electron chi connectivity index (χ3n) is 5.78. The van der Waals surface area contributed by atoms with E-state index >= 15 is 0 Å². The van der Waals surface area contributed by atoms with E-state index in [0.29, 0.717) is 18.9 Å². The van der Waals surface area contributed by atoms with Gasteiger partial charge in [0.25, 0.3) is 0 Å². The normalized spacial score (nSPS) is 19.4. The number of carbonyl (C=O) groups excluding carboxylic acids is 1. The molecule has 0 fully saturated rings. The van der Waals surface area contributed by atoms with Crippen molar-refractivity contribution in [3.8, 4) is 5.75 Å². The Kier molecular flexibility index (Phi) is 3.84. The molecule has 0 aliphatic carbocycles. The van der Waals surface area contributed by atoms with Gasteiger partial charge in [0, 0.05) is 48.2 Å². The Morgan fingerprint density at radius 1 is 1.30 bits per heavy atom. The largest absolute Gasteiger partial charge is 0.497 e. The van der Waals surface area contributed by atoms with Crippen molar-refractivity contribution < 1.29 is 9.53 Å². The van der Waals surface area contributed by atoms with Crippen LogP contribution in [-0.4, -0.2) is 49.7 Å². The molecule has 0 saturated heterocycles. The van der Waals surface area contributed by atoms with Gasteiger partial charge in [0.05, 0.1) is 13.0 Å². The average molecular weight is 366 g/mol. The number of methoxy groups -OCH3 is 1. The molecule has 0 spiro atoms. The van der Waals surface area contributed by atoms with Crippen molar-refractivity contribution in [2.75, 3.05) is 13.7 Å². The van der Waals surface area contributed by atoms with Crippen LogP contribution in [-0.2, 0) is 24.3 Å². The van der Waals surface area contributed by atoms with Crippen LogP contribution >= 0.6 is 0 Å². The number of amides is 1. The van der Waals surface area contributed by atoms with Crippen molar-refractivity contribution >= 4 is 16.8 Å². The Bertz CT molecular complexity index is 1010. The fourth-order valence-corrected chi connectivity index (χ4v) is 4.32. The molecule has 0 bridgehead atoms. The monoisotopic (exact) mass is 366 g/mol. The van der Waals surface area contributed by atoms with E-state index in [1.807, 2.05) is 23.1 Å². The first kappa shape index (κ1) is 16.3. The van der Waals surface area contributed by atoms with Crippen LogP contribution in [0.2, 0.25) is 0 Å². The number of rotatable bonds is 2. The molecule has 27 heavy (non-hydrogen) atoms. The molecule has 0 radical (unpaired) electrons. The maximum Gasteiger partial charge on any atom is 0.233 e. The highest BCUT2D eigenvalue weighted by molar-refractivity contribution is 5.88. The van der Waals surface area contributed by atoms with Crippen LogP contribution in [0.15, 0.2) is 18.2 Å². The van der Waals surface area contributed by atoms with Gasteiger partial charge in [0.2, 0.25) is 5.91 Å². The third-order valence-corrected chi connectivity index (χ3v) is 5.78. The standard InChI is InChI=1S/C19H22N6O2/c1-27-12-5-6-16-14(10-12)15-11-24(9-7-17(15)20-16)19(26)13-4-2-3-8-25-18(13)21-22-23-25/h5-6,10,13,20H,2-4,7-9,11H2,1H3. The minimum absolute atomic E-state index is 0.135. The fourth-order valence-electron chi connectivity index (χ4n) is 4.32. The number of carbonyl (C=O) groups is 1. The number of tetrazole rings is 1. The van der Waals surface area contributed by atoms with E-state index in [1.165, 1.54) is 11.3 Å². The lowest BCUT2D eigenvalue weighted by atomic mass is 9.98. The highest BCUT2D eigenvalue weighted by Crippen LogP contribution is 2.33. The molecule has 1 amide bonds. The molecular weight excluding hydrogens is 344 g/mol. The number of hydrogen-bond donors (Lipinski definition) is 1. The quantitative estimate of drug-likeness (QED) is 0.749. The Hall–Kier alpha value is -2.90. The molecule has 1 unspecified atom stereocenters. The van der Waals surface area contributed by atoms with Gasteiger partial charge >= 0.3 is 0 Å². The maximum atomic E-state index is 13.3. The number of H-pyrrole nitrogens is 1. The molecule has 0 saturated carbocycles. The summed E-state index contributed by atoms with van der Waals surface area (Å²) in [5.41, 5.74) is 3.50. The van der Waals surface area contributed by atoms with Gasteiger partial charge in [-0.05, 0) is 41.5 Å². The first-order valence-corrected chi connectivity index (χ1v) is 9.47. The van der Waals surface area contributed by atoms with E-state index in [0.717, 1.165) is 48.9 Å². The Morgan fingerprint density at radius 2 is 2.22 bits per heavy atom. The van der Waals surface area contributed by atoms with Gasteiger partial charge in [-0.2, -0.15) is 0 Å². The SMILES string of the molecule is COc1ccc2[nH]c3c(c2c1)CN(C(=O)C1CCCCn2nnnc21)CC3. The summed E-state index contributed by atoms with van der Waals surface area (Å²) >= 11 is 0. The topological polar surface area (TPSA) is 88.9 Å². The lowest BCUT2D eigenvalue weighted by Crippen LogP contribution is -2.39. The van der Waals surface area contributed by atoms with E-state index < -0.39 is 0 Å². The molecular formula is C19H22N6O2. The van der Waals surface area contributed by atoms with Crippen LogP contribution in [0.5, 0.6) is 5.75 Å². The van der Waals surface area contributed by atoms with E-state index in [4.69, 9.17) is 4.74 Å². The van der Waals surface area contributed by atoms with Crippen LogP contribution < -0.4 is 4.74 Å². The molecule has 4 heterocycles. The highest BCUT2D eigenvalue weighted by Gasteiger charge is 2.34. The molecule has 1 N–H and O–H groups in total. The van der Waals surface area contributed by atoms with Crippen molar-refractivity contribution in [3.05, 3.63) is 35.3 Å². The molecule has 1 aromatic carbocycles. The van der Waals surface area contributed by atoms with Crippen LogP contribution in [0.25, 0.3) is 10.9 Å². The number of aryl methyl sites for hydroxylation is 1. The first-order valence-electron chi connectivity index (χ1n) is 9.47. The Labute approximate surface area is 156 Å². The van der Waals surface area contributed by atoms with Gasteiger partial charge in [-0.1, -0.05) is 6.42 Å². The van der Waals surface area contributed by atoms with Gasteiger partial charge < -0.3 is 14.6 Å². The summed E-state index contributed by atoms with van der Waals surface area (Å²) in [6, 6.07) is 6.04. The first-order chi connectivity index (χ1) is 13.2. The van der Waals surface area contributed by atoms with Crippen molar-refractivity contribution in [1.82, 2.24) is 30.1 Å². The van der Waals surface area contributed by atoms with Gasteiger partial charge in [0.1, 0.15) is 5.75 Å². The number of benzene rings is 1. The van der Waals surface area contributed by atoms with Crippen LogP contribution in [0.4, 0.5) is 0 Å². The van der Waals surface area contributed by atoms with Gasteiger partial charge in [-0.15, -0.1) is 5.10 Å². The Morgan fingerprint density at radius 3 is 3.11 bits per heavy atom. The number of aromatic nitrogens is 5. The summed E-state index contributed by atoms with van der Waals surface area (Å²) < 4.78 is 7.17. The van der Waals surface area contributed by atoms with E-state index in [-0.39, 0.29) is 11.8 Å². The summed E-state index contributed by atoms with van der Waals surface area (Å²) in [4.78, 5) is 18.8. The van der Waals surface area contributed by atoms with Crippen molar-refractivity contribution in [1.29, 1.82) is 0 Å². The predicted molar refractivity (Wildman–Crippen MR) is 98.4 cm³/mol. The number of ether oxygens (including phenoxy) is 1. The molecule has 140 valence electrons. The summed E-state index contributed by atoms with van der Waals surface area (Å²) in [6.07, 6.45) is 3.65. The zero-order chi connectivity index (χ0) is 18.4. The lowest BCUT2D eigenvalue weighted by molar-refractivity contribution is -0.134. The van der Waals surface area contributed by atoms with E-state index in [9.17, 15) is 4.79 Å². The average Bonchev–Trinajstić information content (AvgIpc) is 3.25. The number of nitrogens with zero attached hydrogens (tertiary/aromatic N) is 5. The van der Waals surface area contributed by atoms with Gasteiger partial charge in [0.15, 0.2) is 5.82 Å². The fraction of sp³-hybridized carbons (Fsp3) is 0.474. The summed E-state index contributed by atoms with van der Waals surface area (Å²) in [5, 5.41) is 13.1. The number of aromatic amines is 1. The molecule has 3 aromatic rings. The number of nitrogens with one attached hydrogen (secondary N) is 1. The Balaban J connectivity index is 1.46. The lowest BCUT2D eigenvalue weighted by Gasteiger charge is -2.30. The van der Waals surface area contributed by atoms with Gasteiger partial charge in [-0.25, -0.2) is 4.68 Å². The number of fused-ring (bicyclic) bond motifs is 4. The van der Waals surface area contributed by atoms with Crippen molar-refractivity contribution in [2.24, 2.45) is 0 Å². The summed E-state index contributed by atoms with van der Waals surface area (Å²) in [7, 11) is 1.67. The second kappa shape index (κ2) is 6.37. The molecule has 8 nitrogen and oxygen atoms in total. The predicted octanol–water partition coefficient (Wildman–Crippen LogP) is 2.02. The zero-order valence-corrected chi connectivity index (χ0v) is 15.3. The van der Waals surface area contributed by atoms with Crippen LogP contribution in [0, 0.1) is 0 Å².